The lowest BCUT2D eigenvalue weighted by atomic mass is 9.91. The molecule has 0 unspecified atom stereocenters. The van der Waals surface area contributed by atoms with Crippen molar-refractivity contribution in [1.29, 1.82) is 0 Å². The fraction of sp³-hybridized carbons (Fsp3) is 0.439. The topological polar surface area (TPSA) is 186 Å². The van der Waals surface area contributed by atoms with E-state index in [0.29, 0.717) is 60.9 Å². The lowest BCUT2D eigenvalue weighted by Crippen LogP contribution is -2.54. The van der Waals surface area contributed by atoms with E-state index in [-0.39, 0.29) is 42.3 Å². The fourth-order valence-corrected chi connectivity index (χ4v) is 7.17. The summed E-state index contributed by atoms with van der Waals surface area (Å²) in [7, 11) is 0. The Bertz CT molecular complexity index is 1760. The average Bonchev–Trinajstić information content (AvgIpc) is 3.29. The highest BCUT2D eigenvalue weighted by atomic mass is 16.3. The number of anilines is 3. The van der Waals surface area contributed by atoms with Gasteiger partial charge in [0.15, 0.2) is 0 Å². The normalized spacial score (nSPS) is 15.5. The van der Waals surface area contributed by atoms with Crippen LogP contribution in [-0.4, -0.2) is 84.3 Å². The van der Waals surface area contributed by atoms with Crippen molar-refractivity contribution in [1.82, 2.24) is 20.9 Å². The highest BCUT2D eigenvalue weighted by molar-refractivity contribution is 6.18. The SMILES string of the molecule is CC(=O)N[C@@H](CCCCN)C(=O)N[C@@H](Cc1ccc(O)cc1)C(=O)NCCCCC1CCN(CC(=O)N2c3ccccc3NC(=O)c3ccccc32)CC1. The molecule has 54 heavy (non-hydrogen) atoms. The quantitative estimate of drug-likeness (QED) is 0.112. The predicted molar refractivity (Wildman–Crippen MR) is 208 cm³/mol. The van der Waals surface area contributed by atoms with Crippen LogP contribution in [0.15, 0.2) is 72.8 Å². The molecule has 0 radical (unpaired) electrons. The Labute approximate surface area is 317 Å². The summed E-state index contributed by atoms with van der Waals surface area (Å²) < 4.78 is 0. The van der Waals surface area contributed by atoms with E-state index in [1.54, 1.807) is 29.2 Å². The van der Waals surface area contributed by atoms with E-state index in [1.165, 1.54) is 19.1 Å². The number of aromatic hydroxyl groups is 1. The van der Waals surface area contributed by atoms with Crippen LogP contribution in [0.25, 0.3) is 0 Å². The molecular formula is C41H53N7O6. The molecule has 0 saturated carbocycles. The van der Waals surface area contributed by atoms with Gasteiger partial charge in [-0.1, -0.05) is 49.2 Å². The molecular weight excluding hydrogens is 686 g/mol. The molecule has 3 aromatic carbocycles. The van der Waals surface area contributed by atoms with Crippen LogP contribution in [0.1, 0.15) is 74.2 Å². The number of amides is 5. The van der Waals surface area contributed by atoms with Gasteiger partial charge in [-0.3, -0.25) is 33.8 Å². The summed E-state index contributed by atoms with van der Waals surface area (Å²) in [5.41, 5.74) is 8.68. The average molecular weight is 740 g/mol. The third kappa shape index (κ3) is 11.1. The number of fused-ring (bicyclic) bond motifs is 2. The molecule has 2 atom stereocenters. The van der Waals surface area contributed by atoms with Crippen LogP contribution in [-0.2, 0) is 25.6 Å². The smallest absolute Gasteiger partial charge is 0.257 e. The van der Waals surface area contributed by atoms with Gasteiger partial charge in [-0.15, -0.1) is 0 Å². The third-order valence-electron chi connectivity index (χ3n) is 10.1. The highest BCUT2D eigenvalue weighted by Crippen LogP contribution is 2.38. The van der Waals surface area contributed by atoms with Crippen molar-refractivity contribution >= 4 is 46.6 Å². The Kier molecular flexibility index (Phi) is 14.6. The van der Waals surface area contributed by atoms with Gasteiger partial charge in [0.1, 0.15) is 17.8 Å². The van der Waals surface area contributed by atoms with Crippen LogP contribution in [0, 0.1) is 5.92 Å². The van der Waals surface area contributed by atoms with E-state index in [4.69, 9.17) is 5.73 Å². The minimum Gasteiger partial charge on any atom is -0.508 e. The van der Waals surface area contributed by atoms with Gasteiger partial charge in [0, 0.05) is 19.9 Å². The number of benzene rings is 3. The van der Waals surface area contributed by atoms with Crippen molar-refractivity contribution in [3.05, 3.63) is 83.9 Å². The van der Waals surface area contributed by atoms with Crippen molar-refractivity contribution in [3.8, 4) is 5.75 Å². The maximum absolute atomic E-state index is 13.8. The molecule has 13 nitrogen and oxygen atoms in total. The van der Waals surface area contributed by atoms with Crippen LogP contribution in [0.2, 0.25) is 0 Å². The molecule has 3 aromatic rings. The van der Waals surface area contributed by atoms with Gasteiger partial charge in [0.2, 0.25) is 23.6 Å². The number of nitrogens with one attached hydrogen (secondary N) is 4. The zero-order valence-corrected chi connectivity index (χ0v) is 31.0. The number of nitrogens with zero attached hydrogens (tertiary/aromatic N) is 2. The summed E-state index contributed by atoms with van der Waals surface area (Å²) in [5, 5.41) is 21.2. The molecule has 0 bridgehead atoms. The van der Waals surface area contributed by atoms with Crippen molar-refractivity contribution in [2.45, 2.75) is 76.8 Å². The first kappa shape index (κ1) is 39.9. The molecule has 1 saturated heterocycles. The molecule has 0 spiro atoms. The zero-order chi connectivity index (χ0) is 38.5. The number of phenolic OH excluding ortho intramolecular Hbond substituents is 1. The number of para-hydroxylation sites is 3. The Balaban J connectivity index is 1.08. The summed E-state index contributed by atoms with van der Waals surface area (Å²) in [6, 6.07) is 19.4. The number of carbonyl (C=O) groups excluding carboxylic acids is 5. The summed E-state index contributed by atoms with van der Waals surface area (Å²) in [6.45, 7) is 4.13. The van der Waals surface area contributed by atoms with E-state index in [2.05, 4.69) is 26.2 Å². The Morgan fingerprint density at radius 2 is 1.56 bits per heavy atom. The van der Waals surface area contributed by atoms with Crippen LogP contribution >= 0.6 is 0 Å². The number of phenols is 1. The first-order valence-corrected chi connectivity index (χ1v) is 19.0. The molecule has 5 amide bonds. The molecule has 288 valence electrons. The second-order valence-electron chi connectivity index (χ2n) is 14.2. The molecule has 2 aliphatic rings. The van der Waals surface area contributed by atoms with Gasteiger partial charge in [-0.05, 0) is 106 Å². The summed E-state index contributed by atoms with van der Waals surface area (Å²) >= 11 is 0. The Morgan fingerprint density at radius 3 is 2.28 bits per heavy atom. The fourth-order valence-electron chi connectivity index (χ4n) is 7.17. The summed E-state index contributed by atoms with van der Waals surface area (Å²) in [4.78, 5) is 69.1. The van der Waals surface area contributed by atoms with Crippen molar-refractivity contribution in [2.75, 3.05) is 42.9 Å². The highest BCUT2D eigenvalue weighted by Gasteiger charge is 2.31. The molecule has 7 N–H and O–H groups in total. The monoisotopic (exact) mass is 739 g/mol. The number of nitrogens with two attached hydrogens (primary N) is 1. The van der Waals surface area contributed by atoms with Crippen LogP contribution < -0.4 is 31.9 Å². The number of hydrogen-bond donors (Lipinski definition) is 6. The van der Waals surface area contributed by atoms with Crippen LogP contribution in [0.3, 0.4) is 0 Å². The zero-order valence-electron chi connectivity index (χ0n) is 31.0. The Hall–Kier alpha value is -5.27. The van der Waals surface area contributed by atoms with E-state index in [1.807, 2.05) is 36.4 Å². The first-order valence-electron chi connectivity index (χ1n) is 19.0. The molecule has 2 heterocycles. The van der Waals surface area contributed by atoms with Crippen molar-refractivity contribution < 1.29 is 29.1 Å². The van der Waals surface area contributed by atoms with Gasteiger partial charge in [-0.2, -0.15) is 0 Å². The Morgan fingerprint density at radius 1 is 0.852 bits per heavy atom. The predicted octanol–water partition coefficient (Wildman–Crippen LogP) is 3.98. The first-order chi connectivity index (χ1) is 26.1. The largest absolute Gasteiger partial charge is 0.508 e. The second-order valence-corrected chi connectivity index (χ2v) is 14.2. The molecule has 5 rings (SSSR count). The van der Waals surface area contributed by atoms with Crippen molar-refractivity contribution in [2.24, 2.45) is 11.7 Å². The van der Waals surface area contributed by atoms with Crippen LogP contribution in [0.4, 0.5) is 17.1 Å². The van der Waals surface area contributed by atoms with E-state index in [9.17, 15) is 29.1 Å². The summed E-state index contributed by atoms with van der Waals surface area (Å²) in [5.74, 6) is -0.776. The number of likely N-dealkylation sites (tertiary alicyclic amines) is 1. The lowest BCUT2D eigenvalue weighted by molar-refractivity contribution is -0.131. The minimum absolute atomic E-state index is 0.0854. The van der Waals surface area contributed by atoms with Gasteiger partial charge < -0.3 is 32.1 Å². The van der Waals surface area contributed by atoms with Gasteiger partial charge in [-0.25, -0.2) is 0 Å². The number of rotatable bonds is 17. The second kappa shape index (κ2) is 19.7. The van der Waals surface area contributed by atoms with Crippen molar-refractivity contribution in [3.63, 3.8) is 0 Å². The minimum atomic E-state index is -0.868. The van der Waals surface area contributed by atoms with Gasteiger partial charge >= 0.3 is 0 Å². The molecule has 0 aromatic heterocycles. The lowest BCUT2D eigenvalue weighted by Gasteiger charge is -2.33. The van der Waals surface area contributed by atoms with Gasteiger partial charge in [0.05, 0.1) is 29.2 Å². The van der Waals surface area contributed by atoms with Crippen LogP contribution in [0.5, 0.6) is 5.75 Å². The van der Waals surface area contributed by atoms with E-state index < -0.39 is 18.0 Å². The van der Waals surface area contributed by atoms with Gasteiger partial charge in [0.25, 0.3) is 5.91 Å². The standard InChI is InChI=1S/C41H53N7O6/c1-28(49)44-34(13-6-8-22-42)41(54)46-35(26-30-16-18-31(50)19-17-30)40(53)43-23-9-7-10-29-20-24-47(25-21-29)27-38(51)48-36-14-4-2-11-32(36)39(52)45-33-12-3-5-15-37(33)48/h2-5,11-12,14-19,29,34-35,50H,6-10,13,20-27,42H2,1H3,(H,43,53)(H,44,49)(H,45,52)(H,46,54)/t34-,35-/m0/s1. The molecule has 0 aliphatic carbocycles. The summed E-state index contributed by atoms with van der Waals surface area (Å²) in [6.07, 6.45) is 6.64. The molecule has 13 heteroatoms. The van der Waals surface area contributed by atoms with E-state index in [0.717, 1.165) is 50.8 Å². The number of piperidine rings is 1. The molecule has 2 aliphatic heterocycles. The number of carbonyl (C=O) groups is 5. The molecule has 1 fully saturated rings. The third-order valence-corrected chi connectivity index (χ3v) is 10.1. The van der Waals surface area contributed by atoms with E-state index >= 15 is 0 Å². The maximum Gasteiger partial charge on any atom is 0.257 e. The maximum atomic E-state index is 13.8. The number of hydrogen-bond acceptors (Lipinski definition) is 8. The number of unbranched alkanes of at least 4 members (excludes halogenated alkanes) is 2.